The van der Waals surface area contributed by atoms with Gasteiger partial charge in [-0.05, 0) is 46.6 Å². The molecule has 0 aliphatic carbocycles. The predicted molar refractivity (Wildman–Crippen MR) is 77.7 cm³/mol. The van der Waals surface area contributed by atoms with Crippen molar-refractivity contribution in [2.75, 3.05) is 11.1 Å². The zero-order valence-electron chi connectivity index (χ0n) is 10.2. The SMILES string of the molecule is Cc1ccc(C#N)cc1Nc1cc(F)c(Br)cc1N. The fourth-order valence-electron chi connectivity index (χ4n) is 1.64. The first kappa shape index (κ1) is 13.4. The topological polar surface area (TPSA) is 61.8 Å². The molecule has 2 aromatic rings. The zero-order chi connectivity index (χ0) is 14.0. The lowest BCUT2D eigenvalue weighted by Crippen LogP contribution is -1.99. The lowest BCUT2D eigenvalue weighted by atomic mass is 10.1. The Bertz CT molecular complexity index is 677. The second kappa shape index (κ2) is 5.29. The second-order valence-corrected chi connectivity index (χ2v) is 4.97. The smallest absolute Gasteiger partial charge is 0.139 e. The number of anilines is 3. The van der Waals surface area contributed by atoms with Gasteiger partial charge in [0, 0.05) is 11.8 Å². The molecule has 0 fully saturated rings. The van der Waals surface area contributed by atoms with E-state index in [0.717, 1.165) is 11.3 Å². The number of rotatable bonds is 2. The monoisotopic (exact) mass is 319 g/mol. The van der Waals surface area contributed by atoms with Crippen molar-refractivity contribution < 1.29 is 4.39 Å². The minimum absolute atomic E-state index is 0.318. The summed E-state index contributed by atoms with van der Waals surface area (Å²) in [5.74, 6) is -0.397. The van der Waals surface area contributed by atoms with Gasteiger partial charge in [0.05, 0.1) is 27.5 Å². The van der Waals surface area contributed by atoms with Gasteiger partial charge in [0.1, 0.15) is 5.82 Å². The van der Waals surface area contributed by atoms with Crippen LogP contribution in [0.1, 0.15) is 11.1 Å². The summed E-state index contributed by atoms with van der Waals surface area (Å²) in [5.41, 5.74) is 8.94. The maximum absolute atomic E-state index is 13.5. The van der Waals surface area contributed by atoms with Crippen LogP contribution in [0.4, 0.5) is 21.5 Å². The van der Waals surface area contributed by atoms with E-state index in [9.17, 15) is 4.39 Å². The Balaban J connectivity index is 2.42. The quantitative estimate of drug-likeness (QED) is 0.819. The number of nitrogens with zero attached hydrogens (tertiary/aromatic N) is 1. The maximum Gasteiger partial charge on any atom is 0.139 e. The third kappa shape index (κ3) is 2.85. The van der Waals surface area contributed by atoms with Crippen molar-refractivity contribution in [1.82, 2.24) is 0 Å². The van der Waals surface area contributed by atoms with Gasteiger partial charge in [-0.2, -0.15) is 5.26 Å². The van der Waals surface area contributed by atoms with E-state index >= 15 is 0 Å². The van der Waals surface area contributed by atoms with E-state index < -0.39 is 5.82 Å². The Kier molecular flexibility index (Phi) is 3.72. The van der Waals surface area contributed by atoms with Gasteiger partial charge < -0.3 is 11.1 Å². The van der Waals surface area contributed by atoms with Gasteiger partial charge in [-0.25, -0.2) is 4.39 Å². The standard InChI is InChI=1S/C14H11BrFN3/c1-8-2-3-9(7-17)4-13(8)19-14-6-11(16)10(15)5-12(14)18/h2-6,19H,18H2,1H3. The molecule has 19 heavy (non-hydrogen) atoms. The number of halogens is 2. The normalized spacial score (nSPS) is 10.0. The number of nitrogens with one attached hydrogen (secondary N) is 1. The summed E-state index contributed by atoms with van der Waals surface area (Å²) in [6, 6.07) is 10.1. The first-order chi connectivity index (χ1) is 9.01. The molecule has 0 atom stereocenters. The van der Waals surface area contributed by atoms with Crippen LogP contribution in [0.2, 0.25) is 0 Å². The molecular formula is C14H11BrFN3. The zero-order valence-corrected chi connectivity index (χ0v) is 11.8. The molecule has 0 spiro atoms. The van der Waals surface area contributed by atoms with Gasteiger partial charge in [-0.3, -0.25) is 0 Å². The fraction of sp³-hybridized carbons (Fsp3) is 0.0714. The summed E-state index contributed by atoms with van der Waals surface area (Å²) in [4.78, 5) is 0. The number of benzene rings is 2. The van der Waals surface area contributed by atoms with E-state index in [1.165, 1.54) is 12.1 Å². The third-order valence-electron chi connectivity index (χ3n) is 2.73. The highest BCUT2D eigenvalue weighted by Crippen LogP contribution is 2.30. The van der Waals surface area contributed by atoms with E-state index in [1.54, 1.807) is 12.1 Å². The van der Waals surface area contributed by atoms with Crippen LogP contribution in [0.15, 0.2) is 34.8 Å². The van der Waals surface area contributed by atoms with Crippen LogP contribution < -0.4 is 11.1 Å². The average molecular weight is 320 g/mol. The molecule has 2 rings (SSSR count). The molecule has 0 heterocycles. The molecule has 0 unspecified atom stereocenters. The lowest BCUT2D eigenvalue weighted by molar-refractivity contribution is 0.622. The molecule has 2 aromatic carbocycles. The largest absolute Gasteiger partial charge is 0.397 e. The van der Waals surface area contributed by atoms with Crippen molar-refractivity contribution in [2.45, 2.75) is 6.92 Å². The van der Waals surface area contributed by atoms with Gasteiger partial charge in [0.15, 0.2) is 0 Å². The number of nitrogen functional groups attached to an aromatic ring is 1. The molecule has 0 radical (unpaired) electrons. The van der Waals surface area contributed by atoms with Crippen molar-refractivity contribution in [2.24, 2.45) is 0 Å². The number of nitrogens with two attached hydrogens (primary N) is 1. The van der Waals surface area contributed by atoms with E-state index in [1.807, 2.05) is 13.0 Å². The van der Waals surface area contributed by atoms with Crippen molar-refractivity contribution in [3.05, 3.63) is 51.7 Å². The van der Waals surface area contributed by atoms with Gasteiger partial charge in [-0.15, -0.1) is 0 Å². The van der Waals surface area contributed by atoms with Crippen LogP contribution in [0.3, 0.4) is 0 Å². The minimum atomic E-state index is -0.397. The molecule has 0 saturated heterocycles. The Morgan fingerprint density at radius 1 is 1.26 bits per heavy atom. The van der Waals surface area contributed by atoms with Crippen molar-refractivity contribution >= 4 is 33.0 Å². The van der Waals surface area contributed by atoms with Crippen molar-refractivity contribution in [3.63, 3.8) is 0 Å². The number of hydrogen-bond acceptors (Lipinski definition) is 3. The lowest BCUT2D eigenvalue weighted by Gasteiger charge is -2.12. The molecular weight excluding hydrogens is 309 g/mol. The molecule has 0 saturated carbocycles. The Hall–Kier alpha value is -2.06. The van der Waals surface area contributed by atoms with Crippen LogP contribution >= 0.6 is 15.9 Å². The van der Waals surface area contributed by atoms with Gasteiger partial charge >= 0.3 is 0 Å². The molecule has 0 bridgehead atoms. The van der Waals surface area contributed by atoms with Crippen LogP contribution in [-0.4, -0.2) is 0 Å². The number of aryl methyl sites for hydroxylation is 1. The van der Waals surface area contributed by atoms with Gasteiger partial charge in [0.2, 0.25) is 0 Å². The molecule has 0 aromatic heterocycles. The third-order valence-corrected chi connectivity index (χ3v) is 3.34. The summed E-state index contributed by atoms with van der Waals surface area (Å²) in [6.45, 7) is 1.90. The molecule has 0 aliphatic rings. The summed E-state index contributed by atoms with van der Waals surface area (Å²) < 4.78 is 13.8. The molecule has 3 N–H and O–H groups in total. The van der Waals surface area contributed by atoms with Crippen molar-refractivity contribution in [1.29, 1.82) is 5.26 Å². The van der Waals surface area contributed by atoms with E-state index in [4.69, 9.17) is 11.0 Å². The van der Waals surface area contributed by atoms with Crippen molar-refractivity contribution in [3.8, 4) is 6.07 Å². The number of hydrogen-bond donors (Lipinski definition) is 2. The highest BCUT2D eigenvalue weighted by atomic mass is 79.9. The highest BCUT2D eigenvalue weighted by Gasteiger charge is 2.08. The first-order valence-electron chi connectivity index (χ1n) is 5.53. The second-order valence-electron chi connectivity index (χ2n) is 4.12. The average Bonchev–Trinajstić information content (AvgIpc) is 2.38. The Morgan fingerprint density at radius 2 is 2.00 bits per heavy atom. The number of nitriles is 1. The Morgan fingerprint density at radius 3 is 2.68 bits per heavy atom. The van der Waals surface area contributed by atoms with E-state index in [0.29, 0.717) is 21.4 Å². The first-order valence-corrected chi connectivity index (χ1v) is 6.33. The van der Waals surface area contributed by atoms with Crippen LogP contribution in [0.5, 0.6) is 0 Å². The fourth-order valence-corrected chi connectivity index (χ4v) is 2.00. The Labute approximate surface area is 119 Å². The molecule has 5 heteroatoms. The molecule has 3 nitrogen and oxygen atoms in total. The summed E-state index contributed by atoms with van der Waals surface area (Å²) in [7, 11) is 0. The summed E-state index contributed by atoms with van der Waals surface area (Å²) >= 11 is 3.08. The maximum atomic E-state index is 13.5. The summed E-state index contributed by atoms with van der Waals surface area (Å²) in [5, 5.41) is 11.9. The highest BCUT2D eigenvalue weighted by molar-refractivity contribution is 9.10. The van der Waals surface area contributed by atoms with E-state index in [-0.39, 0.29) is 0 Å². The molecule has 0 amide bonds. The van der Waals surface area contributed by atoms with Crippen LogP contribution in [0.25, 0.3) is 0 Å². The van der Waals surface area contributed by atoms with Gasteiger partial charge in [-0.1, -0.05) is 6.07 Å². The molecule has 0 aliphatic heterocycles. The molecule has 96 valence electrons. The van der Waals surface area contributed by atoms with Crippen LogP contribution in [-0.2, 0) is 0 Å². The van der Waals surface area contributed by atoms with E-state index in [2.05, 4.69) is 27.3 Å². The predicted octanol–water partition coefficient (Wildman–Crippen LogP) is 4.09. The minimum Gasteiger partial charge on any atom is -0.397 e. The van der Waals surface area contributed by atoms with Gasteiger partial charge in [0.25, 0.3) is 0 Å². The summed E-state index contributed by atoms with van der Waals surface area (Å²) in [6.07, 6.45) is 0. The van der Waals surface area contributed by atoms with Crippen LogP contribution in [0, 0.1) is 24.1 Å².